The molecule has 20 heavy (non-hydrogen) atoms. The second kappa shape index (κ2) is 5.19. The fraction of sp³-hybridized carbons (Fsp3) is 0.200. The minimum Gasteiger partial charge on any atom is -0.396 e. The molecule has 0 saturated carbocycles. The molecule has 1 unspecified atom stereocenters. The molecule has 1 heterocycles. The van der Waals surface area contributed by atoms with Crippen molar-refractivity contribution in [2.45, 2.75) is 10.9 Å². The van der Waals surface area contributed by atoms with Crippen LogP contribution in [0.1, 0.15) is 0 Å². The Kier molecular flexibility index (Phi) is 4.05. The van der Waals surface area contributed by atoms with Gasteiger partial charge >= 0.3 is 0 Å². The Morgan fingerprint density at radius 2 is 1.95 bits per heavy atom. The van der Waals surface area contributed by atoms with Crippen LogP contribution in [0.5, 0.6) is 0 Å². The van der Waals surface area contributed by atoms with E-state index in [2.05, 4.69) is 4.72 Å². The molecule has 10 heteroatoms. The van der Waals surface area contributed by atoms with Gasteiger partial charge in [-0.15, -0.1) is 0 Å². The fourth-order valence-corrected chi connectivity index (χ4v) is 4.97. The molecule has 2 rings (SSSR count). The Bertz CT molecular complexity index is 788. The van der Waals surface area contributed by atoms with Gasteiger partial charge < -0.3 is 5.73 Å². The lowest BCUT2D eigenvalue weighted by atomic mass is 10.3. The summed E-state index contributed by atoms with van der Waals surface area (Å²) >= 11 is 11.6. The monoisotopic (exact) mass is 356 g/mol. The number of nitrogens with two attached hydrogens (primary N) is 1. The second-order valence-electron chi connectivity index (χ2n) is 4.16. The summed E-state index contributed by atoms with van der Waals surface area (Å²) in [7, 11) is -7.36. The smallest absolute Gasteiger partial charge is 0.242 e. The Labute approximate surface area is 126 Å². The molecule has 0 amide bonds. The molecule has 1 aromatic carbocycles. The molecule has 110 valence electrons. The van der Waals surface area contributed by atoms with Crippen molar-refractivity contribution >= 4 is 48.7 Å². The summed E-state index contributed by atoms with van der Waals surface area (Å²) in [6.07, 6.45) is 1.26. The molecule has 1 aliphatic heterocycles. The number of rotatable bonds is 3. The lowest BCUT2D eigenvalue weighted by Crippen LogP contribution is -2.35. The highest BCUT2D eigenvalue weighted by atomic mass is 35.5. The van der Waals surface area contributed by atoms with Crippen molar-refractivity contribution in [2.75, 3.05) is 11.5 Å². The number of anilines is 1. The Hall–Kier alpha value is -0.800. The summed E-state index contributed by atoms with van der Waals surface area (Å²) in [5.74, 6) is -0.326. The van der Waals surface area contributed by atoms with Crippen LogP contribution >= 0.6 is 23.2 Å². The summed E-state index contributed by atoms with van der Waals surface area (Å²) in [5, 5.41) is 0.907. The SMILES string of the molecule is Nc1c(Cl)ccc(S(=O)(=O)NC2C=CS(=O)(=O)C2)c1Cl. The third kappa shape index (κ3) is 3.09. The van der Waals surface area contributed by atoms with E-state index in [0.29, 0.717) is 0 Å². The molecule has 0 fully saturated rings. The standard InChI is InChI=1S/C10H10Cl2N2O4S2/c11-7-1-2-8(9(12)10(7)13)20(17,18)14-6-3-4-19(15,16)5-6/h1-4,6,14H,5,13H2. The van der Waals surface area contributed by atoms with Gasteiger partial charge in [0, 0.05) is 5.41 Å². The van der Waals surface area contributed by atoms with E-state index in [1.165, 1.54) is 18.2 Å². The Morgan fingerprint density at radius 1 is 1.30 bits per heavy atom. The zero-order chi connectivity index (χ0) is 15.1. The van der Waals surface area contributed by atoms with Crippen LogP contribution in [-0.4, -0.2) is 28.6 Å². The average Bonchev–Trinajstić information content (AvgIpc) is 2.64. The summed E-state index contributed by atoms with van der Waals surface area (Å²) in [6.45, 7) is 0. The van der Waals surface area contributed by atoms with Crippen molar-refractivity contribution in [1.82, 2.24) is 4.72 Å². The van der Waals surface area contributed by atoms with Crippen LogP contribution in [0.2, 0.25) is 10.0 Å². The van der Waals surface area contributed by atoms with Crippen molar-refractivity contribution in [1.29, 1.82) is 0 Å². The number of sulfonamides is 1. The largest absolute Gasteiger partial charge is 0.396 e. The number of hydrogen-bond donors (Lipinski definition) is 2. The third-order valence-electron chi connectivity index (χ3n) is 2.62. The van der Waals surface area contributed by atoms with Crippen LogP contribution in [0, 0.1) is 0 Å². The minimum atomic E-state index is -4.00. The van der Waals surface area contributed by atoms with Gasteiger partial charge in [-0.25, -0.2) is 21.6 Å². The molecule has 0 spiro atoms. The van der Waals surface area contributed by atoms with Crippen LogP contribution < -0.4 is 10.5 Å². The molecule has 0 radical (unpaired) electrons. The van der Waals surface area contributed by atoms with Gasteiger partial charge in [0.25, 0.3) is 0 Å². The molecule has 1 aliphatic rings. The average molecular weight is 357 g/mol. The van der Waals surface area contributed by atoms with E-state index in [0.717, 1.165) is 5.41 Å². The molecule has 0 aliphatic carbocycles. The van der Waals surface area contributed by atoms with Gasteiger partial charge in [0.15, 0.2) is 9.84 Å². The van der Waals surface area contributed by atoms with Gasteiger partial charge in [-0.2, -0.15) is 0 Å². The molecule has 0 aromatic heterocycles. The molecule has 0 bridgehead atoms. The van der Waals surface area contributed by atoms with Crippen molar-refractivity contribution < 1.29 is 16.8 Å². The first-order valence-electron chi connectivity index (χ1n) is 5.29. The fourth-order valence-electron chi connectivity index (χ4n) is 1.67. The van der Waals surface area contributed by atoms with E-state index in [9.17, 15) is 16.8 Å². The Balaban J connectivity index is 2.33. The highest BCUT2D eigenvalue weighted by Gasteiger charge is 2.28. The normalized spacial score (nSPS) is 21.2. The van der Waals surface area contributed by atoms with Crippen molar-refractivity contribution in [3.05, 3.63) is 33.7 Å². The summed E-state index contributed by atoms with van der Waals surface area (Å²) < 4.78 is 49.0. The second-order valence-corrected chi connectivity index (χ2v) is 8.56. The van der Waals surface area contributed by atoms with E-state index >= 15 is 0 Å². The van der Waals surface area contributed by atoms with Crippen LogP contribution in [-0.2, 0) is 19.9 Å². The quantitative estimate of drug-likeness (QED) is 0.790. The van der Waals surface area contributed by atoms with E-state index in [1.54, 1.807) is 0 Å². The first-order valence-corrected chi connectivity index (χ1v) is 9.24. The van der Waals surface area contributed by atoms with Crippen molar-refractivity contribution in [2.24, 2.45) is 0 Å². The number of sulfone groups is 1. The van der Waals surface area contributed by atoms with Crippen LogP contribution in [0.4, 0.5) is 5.69 Å². The number of halogens is 2. The maximum atomic E-state index is 12.2. The van der Waals surface area contributed by atoms with Crippen molar-refractivity contribution in [3.8, 4) is 0 Å². The molecule has 6 nitrogen and oxygen atoms in total. The van der Waals surface area contributed by atoms with E-state index < -0.39 is 25.9 Å². The van der Waals surface area contributed by atoms with Gasteiger partial charge in [0.1, 0.15) is 4.90 Å². The van der Waals surface area contributed by atoms with Gasteiger partial charge in [-0.3, -0.25) is 0 Å². The van der Waals surface area contributed by atoms with E-state index in [1.807, 2.05) is 0 Å². The number of hydrogen-bond acceptors (Lipinski definition) is 5. The van der Waals surface area contributed by atoms with Crippen molar-refractivity contribution in [3.63, 3.8) is 0 Å². The zero-order valence-corrected chi connectivity index (χ0v) is 13.0. The highest BCUT2D eigenvalue weighted by Crippen LogP contribution is 2.33. The predicted octanol–water partition coefficient (Wildman–Crippen LogP) is 1.16. The van der Waals surface area contributed by atoms with Gasteiger partial charge in [0.2, 0.25) is 10.0 Å². The molecule has 0 saturated heterocycles. The molecule has 1 atom stereocenters. The lowest BCUT2D eigenvalue weighted by molar-refractivity contribution is 0.575. The minimum absolute atomic E-state index is 0.0502. The lowest BCUT2D eigenvalue weighted by Gasteiger charge is -2.13. The molecular formula is C10H10Cl2N2O4S2. The molecule has 1 aromatic rings. The number of benzene rings is 1. The third-order valence-corrected chi connectivity index (χ3v) is 6.39. The first-order chi connectivity index (χ1) is 9.12. The topological polar surface area (TPSA) is 106 Å². The van der Waals surface area contributed by atoms with Crippen LogP contribution in [0.25, 0.3) is 0 Å². The summed E-state index contributed by atoms with van der Waals surface area (Å²) in [5.41, 5.74) is 5.51. The van der Waals surface area contributed by atoms with E-state index in [-0.39, 0.29) is 26.4 Å². The molecule has 3 N–H and O–H groups in total. The Morgan fingerprint density at radius 3 is 2.50 bits per heavy atom. The van der Waals surface area contributed by atoms with Crippen LogP contribution in [0.3, 0.4) is 0 Å². The summed E-state index contributed by atoms with van der Waals surface area (Å²) in [4.78, 5) is -0.251. The first kappa shape index (κ1) is 15.6. The number of nitrogen functional groups attached to an aromatic ring is 1. The predicted molar refractivity (Wildman–Crippen MR) is 77.9 cm³/mol. The number of nitrogens with one attached hydrogen (secondary N) is 1. The zero-order valence-electron chi connectivity index (χ0n) is 9.88. The maximum absolute atomic E-state index is 12.2. The van der Waals surface area contributed by atoms with Gasteiger partial charge in [-0.05, 0) is 12.1 Å². The van der Waals surface area contributed by atoms with Gasteiger partial charge in [-0.1, -0.05) is 29.3 Å². The molecular weight excluding hydrogens is 347 g/mol. The van der Waals surface area contributed by atoms with E-state index in [4.69, 9.17) is 28.9 Å². The highest BCUT2D eigenvalue weighted by molar-refractivity contribution is 7.94. The van der Waals surface area contributed by atoms with Crippen LogP contribution in [0.15, 0.2) is 28.5 Å². The summed E-state index contributed by atoms with van der Waals surface area (Å²) in [6, 6.07) is 1.67. The maximum Gasteiger partial charge on any atom is 0.242 e. The van der Waals surface area contributed by atoms with Gasteiger partial charge in [0.05, 0.1) is 27.5 Å².